The van der Waals surface area contributed by atoms with Crippen molar-refractivity contribution >= 4 is 11.6 Å². The molecule has 0 aromatic heterocycles. The fourth-order valence-electron chi connectivity index (χ4n) is 4.24. The Morgan fingerprint density at radius 2 is 1.76 bits per heavy atom. The van der Waals surface area contributed by atoms with Crippen LogP contribution in [0.2, 0.25) is 5.02 Å². The Balaban J connectivity index is 1.47. The van der Waals surface area contributed by atoms with E-state index in [1.165, 1.54) is 37.1 Å². The lowest BCUT2D eigenvalue weighted by Crippen LogP contribution is -2.40. The third-order valence-electron chi connectivity index (χ3n) is 5.70. The Morgan fingerprint density at radius 1 is 1.03 bits per heavy atom. The van der Waals surface area contributed by atoms with E-state index in [2.05, 4.69) is 41.1 Å². The van der Waals surface area contributed by atoms with Gasteiger partial charge in [-0.05, 0) is 74.2 Å². The minimum absolute atomic E-state index is 0.721. The van der Waals surface area contributed by atoms with Gasteiger partial charge in [-0.25, -0.2) is 0 Å². The number of rotatable bonds is 9. The van der Waals surface area contributed by atoms with E-state index in [9.17, 15) is 0 Å². The van der Waals surface area contributed by atoms with Crippen LogP contribution in [0.1, 0.15) is 24.0 Å². The summed E-state index contributed by atoms with van der Waals surface area (Å²) in [7, 11) is 5.57. The predicted octanol–water partition coefficient (Wildman–Crippen LogP) is 4.74. The molecule has 0 N–H and O–H groups in total. The van der Waals surface area contributed by atoms with E-state index in [-0.39, 0.29) is 0 Å². The van der Waals surface area contributed by atoms with Gasteiger partial charge in [0.05, 0.1) is 14.2 Å². The maximum Gasteiger partial charge on any atom is 0.161 e. The quantitative estimate of drug-likeness (QED) is 0.589. The molecule has 2 aromatic rings. The maximum absolute atomic E-state index is 5.99. The van der Waals surface area contributed by atoms with Gasteiger partial charge in [-0.15, -0.1) is 0 Å². The second-order valence-corrected chi connectivity index (χ2v) is 8.51. The molecule has 5 heteroatoms. The fraction of sp³-hybridized carbons (Fsp3) is 0.500. The summed E-state index contributed by atoms with van der Waals surface area (Å²) < 4.78 is 10.8. The van der Waals surface area contributed by atoms with Gasteiger partial charge in [-0.2, -0.15) is 0 Å². The van der Waals surface area contributed by atoms with Crippen LogP contribution in [0.5, 0.6) is 11.5 Å². The molecule has 1 fully saturated rings. The molecule has 1 saturated heterocycles. The van der Waals surface area contributed by atoms with Crippen molar-refractivity contribution in [3.63, 3.8) is 0 Å². The lowest BCUT2D eigenvalue weighted by atomic mass is 9.97. The van der Waals surface area contributed by atoms with Crippen molar-refractivity contribution in [2.75, 3.05) is 47.4 Å². The van der Waals surface area contributed by atoms with Crippen LogP contribution in [-0.4, -0.2) is 57.2 Å². The number of likely N-dealkylation sites (tertiary alicyclic amines) is 1. The summed E-state index contributed by atoms with van der Waals surface area (Å²) in [5, 5.41) is 0.810. The lowest BCUT2D eigenvalue weighted by molar-refractivity contribution is 0.142. The molecule has 0 saturated carbocycles. The van der Waals surface area contributed by atoms with Gasteiger partial charge in [0.15, 0.2) is 11.5 Å². The highest BCUT2D eigenvalue weighted by Gasteiger charge is 2.21. The van der Waals surface area contributed by atoms with E-state index >= 15 is 0 Å². The molecule has 1 atom stereocenters. The van der Waals surface area contributed by atoms with E-state index in [1.807, 2.05) is 18.2 Å². The van der Waals surface area contributed by atoms with Crippen LogP contribution in [0.25, 0.3) is 0 Å². The molecule has 1 heterocycles. The number of hydrogen-bond donors (Lipinski definition) is 0. The molecular formula is C24H33ClN2O2. The molecule has 0 unspecified atom stereocenters. The smallest absolute Gasteiger partial charge is 0.161 e. The van der Waals surface area contributed by atoms with Crippen molar-refractivity contribution in [1.82, 2.24) is 9.80 Å². The number of halogens is 1. The maximum atomic E-state index is 5.99. The van der Waals surface area contributed by atoms with E-state index in [1.54, 1.807) is 14.2 Å². The Labute approximate surface area is 180 Å². The Bertz CT molecular complexity index is 766. The van der Waals surface area contributed by atoms with Gasteiger partial charge in [-0.1, -0.05) is 29.8 Å². The number of benzene rings is 2. The summed E-state index contributed by atoms with van der Waals surface area (Å²) in [5.41, 5.74) is 2.61. The first-order valence-electron chi connectivity index (χ1n) is 10.4. The number of nitrogens with zero attached hydrogens (tertiary/aromatic N) is 2. The molecule has 2 aromatic carbocycles. The highest BCUT2D eigenvalue weighted by molar-refractivity contribution is 6.30. The van der Waals surface area contributed by atoms with Crippen LogP contribution in [-0.2, 0) is 13.0 Å². The number of piperidine rings is 1. The second-order valence-electron chi connectivity index (χ2n) is 8.07. The average Bonchev–Trinajstić information content (AvgIpc) is 2.73. The van der Waals surface area contributed by atoms with Gasteiger partial charge >= 0.3 is 0 Å². The van der Waals surface area contributed by atoms with Crippen LogP contribution in [0.3, 0.4) is 0 Å². The summed E-state index contributed by atoms with van der Waals surface area (Å²) in [6.07, 6.45) is 3.69. The largest absolute Gasteiger partial charge is 0.493 e. The normalized spacial score (nSPS) is 17.5. The molecule has 0 spiro atoms. The zero-order chi connectivity index (χ0) is 20.6. The summed E-state index contributed by atoms with van der Waals surface area (Å²) in [4.78, 5) is 5.04. The number of hydrogen-bond acceptors (Lipinski definition) is 4. The summed E-state index contributed by atoms with van der Waals surface area (Å²) in [6, 6.07) is 14.4. The number of ether oxygens (including phenoxy) is 2. The fourth-order valence-corrected chi connectivity index (χ4v) is 4.36. The van der Waals surface area contributed by atoms with Gasteiger partial charge < -0.3 is 19.3 Å². The molecule has 0 bridgehead atoms. The van der Waals surface area contributed by atoms with Crippen molar-refractivity contribution in [1.29, 1.82) is 0 Å². The average molecular weight is 417 g/mol. The van der Waals surface area contributed by atoms with E-state index in [4.69, 9.17) is 21.1 Å². The highest BCUT2D eigenvalue weighted by atomic mass is 35.5. The topological polar surface area (TPSA) is 24.9 Å². The second kappa shape index (κ2) is 10.9. The van der Waals surface area contributed by atoms with Crippen LogP contribution in [0, 0.1) is 5.92 Å². The van der Waals surface area contributed by atoms with E-state index < -0.39 is 0 Å². The van der Waals surface area contributed by atoms with Gasteiger partial charge in [0, 0.05) is 31.2 Å². The van der Waals surface area contributed by atoms with Crippen molar-refractivity contribution in [3.05, 3.63) is 58.6 Å². The molecule has 0 radical (unpaired) electrons. The molecule has 1 aliphatic rings. The summed E-state index contributed by atoms with van der Waals surface area (Å²) >= 11 is 5.99. The standard InChI is InChI=1S/C24H33ClN2O2/c1-26(16-20-8-11-23(28-2)24(15-20)29-3)17-21-5-4-13-27(18-21)14-12-19-6-9-22(25)10-7-19/h6-11,15,21H,4-5,12-14,16-18H2,1-3H3/t21-/m0/s1. The summed E-state index contributed by atoms with van der Waals surface area (Å²) in [6.45, 7) is 5.55. The minimum Gasteiger partial charge on any atom is -0.493 e. The Kier molecular flexibility index (Phi) is 8.22. The monoisotopic (exact) mass is 416 g/mol. The number of methoxy groups -OCH3 is 2. The molecule has 29 heavy (non-hydrogen) atoms. The molecule has 1 aliphatic heterocycles. The first-order chi connectivity index (χ1) is 14.1. The van der Waals surface area contributed by atoms with Gasteiger partial charge in [-0.3, -0.25) is 0 Å². The first kappa shape index (κ1) is 21.9. The van der Waals surface area contributed by atoms with Crippen LogP contribution in [0.15, 0.2) is 42.5 Å². The predicted molar refractivity (Wildman–Crippen MR) is 120 cm³/mol. The Hall–Kier alpha value is -1.75. The molecule has 158 valence electrons. The van der Waals surface area contributed by atoms with Crippen LogP contribution < -0.4 is 9.47 Å². The van der Waals surface area contributed by atoms with Crippen molar-refractivity contribution in [2.45, 2.75) is 25.8 Å². The SMILES string of the molecule is COc1ccc(CN(C)C[C@@H]2CCCN(CCc3ccc(Cl)cc3)C2)cc1OC. The van der Waals surface area contributed by atoms with Gasteiger partial charge in [0.25, 0.3) is 0 Å². The van der Waals surface area contributed by atoms with Gasteiger partial charge in [0.2, 0.25) is 0 Å². The molecule has 0 amide bonds. The van der Waals surface area contributed by atoms with Crippen LogP contribution >= 0.6 is 11.6 Å². The van der Waals surface area contributed by atoms with Crippen LogP contribution in [0.4, 0.5) is 0 Å². The van der Waals surface area contributed by atoms with Crippen molar-refractivity contribution < 1.29 is 9.47 Å². The third-order valence-corrected chi connectivity index (χ3v) is 5.96. The zero-order valence-electron chi connectivity index (χ0n) is 17.9. The molecule has 0 aliphatic carbocycles. The lowest BCUT2D eigenvalue weighted by Gasteiger charge is -2.34. The summed E-state index contributed by atoms with van der Waals surface area (Å²) in [5.74, 6) is 2.30. The van der Waals surface area contributed by atoms with Crippen molar-refractivity contribution in [2.24, 2.45) is 5.92 Å². The highest BCUT2D eigenvalue weighted by Crippen LogP contribution is 2.28. The Morgan fingerprint density at radius 3 is 2.48 bits per heavy atom. The zero-order valence-corrected chi connectivity index (χ0v) is 18.6. The van der Waals surface area contributed by atoms with Crippen molar-refractivity contribution in [3.8, 4) is 11.5 Å². The minimum atomic E-state index is 0.721. The molecule has 4 nitrogen and oxygen atoms in total. The molecule has 3 rings (SSSR count). The van der Waals surface area contributed by atoms with E-state index in [0.717, 1.165) is 48.5 Å². The first-order valence-corrected chi connectivity index (χ1v) is 10.8. The molecular weight excluding hydrogens is 384 g/mol. The third kappa shape index (κ3) is 6.63. The van der Waals surface area contributed by atoms with Gasteiger partial charge in [0.1, 0.15) is 0 Å². The van der Waals surface area contributed by atoms with E-state index in [0.29, 0.717) is 0 Å².